The van der Waals surface area contributed by atoms with E-state index in [1.807, 2.05) is 42.2 Å². The van der Waals surface area contributed by atoms with Crippen LogP contribution in [-0.2, 0) is 4.79 Å². The van der Waals surface area contributed by atoms with Crippen LogP contribution in [0.2, 0.25) is 0 Å². The number of nitrogens with zero attached hydrogens (tertiary/aromatic N) is 1. The summed E-state index contributed by atoms with van der Waals surface area (Å²) in [6, 6.07) is 8.82. The van der Waals surface area contributed by atoms with Crippen LogP contribution in [0.4, 0.5) is 10.5 Å². The number of hydrogen-bond acceptors (Lipinski definition) is 3. The van der Waals surface area contributed by atoms with E-state index in [4.69, 9.17) is 5.73 Å². The number of urea groups is 1. The lowest BCUT2D eigenvalue weighted by Gasteiger charge is -2.33. The molecule has 1 saturated heterocycles. The van der Waals surface area contributed by atoms with Gasteiger partial charge in [-0.3, -0.25) is 4.79 Å². The van der Waals surface area contributed by atoms with Crippen molar-refractivity contribution in [2.75, 3.05) is 18.4 Å². The Bertz CT molecular complexity index is 513. The summed E-state index contributed by atoms with van der Waals surface area (Å²) in [5.74, 6) is 0.0269. The van der Waals surface area contributed by atoms with Gasteiger partial charge in [0.2, 0.25) is 5.91 Å². The summed E-state index contributed by atoms with van der Waals surface area (Å²) in [7, 11) is 0. The molecule has 23 heavy (non-hydrogen) atoms. The number of piperidine rings is 1. The molecule has 1 heterocycles. The molecule has 1 unspecified atom stereocenters. The second kappa shape index (κ2) is 8.53. The molecule has 1 aromatic carbocycles. The molecular weight excluding hydrogens is 292 g/mol. The Kier molecular flexibility index (Phi) is 6.40. The van der Waals surface area contributed by atoms with Crippen LogP contribution in [0.3, 0.4) is 0 Å². The number of benzene rings is 1. The van der Waals surface area contributed by atoms with Gasteiger partial charge in [-0.25, -0.2) is 4.79 Å². The van der Waals surface area contributed by atoms with E-state index in [-0.39, 0.29) is 18.0 Å². The molecule has 0 aliphatic carbocycles. The van der Waals surface area contributed by atoms with Crippen molar-refractivity contribution in [2.45, 2.75) is 44.7 Å². The largest absolute Gasteiger partial charge is 0.341 e. The van der Waals surface area contributed by atoms with Crippen molar-refractivity contribution in [2.24, 2.45) is 5.73 Å². The van der Waals surface area contributed by atoms with Gasteiger partial charge >= 0.3 is 6.03 Å². The third-order valence-electron chi connectivity index (χ3n) is 4.09. The van der Waals surface area contributed by atoms with E-state index in [0.29, 0.717) is 13.1 Å². The SMILES string of the molecule is CCCC(N)C(=O)N1CCC(NC(=O)Nc2ccccc2)CC1. The maximum Gasteiger partial charge on any atom is 0.319 e. The van der Waals surface area contributed by atoms with Crippen LogP contribution in [0, 0.1) is 0 Å². The highest BCUT2D eigenvalue weighted by atomic mass is 16.2. The smallest absolute Gasteiger partial charge is 0.319 e. The summed E-state index contributed by atoms with van der Waals surface area (Å²) < 4.78 is 0. The lowest BCUT2D eigenvalue weighted by Crippen LogP contribution is -2.51. The van der Waals surface area contributed by atoms with Crippen molar-refractivity contribution in [1.82, 2.24) is 10.2 Å². The van der Waals surface area contributed by atoms with Gasteiger partial charge in [0.15, 0.2) is 0 Å². The Morgan fingerprint density at radius 3 is 2.52 bits per heavy atom. The van der Waals surface area contributed by atoms with Crippen LogP contribution in [0.1, 0.15) is 32.6 Å². The minimum atomic E-state index is -0.397. The van der Waals surface area contributed by atoms with E-state index in [9.17, 15) is 9.59 Å². The van der Waals surface area contributed by atoms with Gasteiger partial charge < -0.3 is 21.3 Å². The van der Waals surface area contributed by atoms with Crippen molar-refractivity contribution in [3.05, 3.63) is 30.3 Å². The van der Waals surface area contributed by atoms with Crippen molar-refractivity contribution in [3.63, 3.8) is 0 Å². The molecular formula is C17H26N4O2. The Morgan fingerprint density at radius 2 is 1.91 bits per heavy atom. The first-order chi connectivity index (χ1) is 11.1. The van der Waals surface area contributed by atoms with Gasteiger partial charge in [0.1, 0.15) is 0 Å². The first-order valence-electron chi connectivity index (χ1n) is 8.27. The minimum absolute atomic E-state index is 0.0269. The highest BCUT2D eigenvalue weighted by Gasteiger charge is 2.26. The van der Waals surface area contributed by atoms with E-state index < -0.39 is 6.04 Å². The molecule has 0 bridgehead atoms. The zero-order valence-electron chi connectivity index (χ0n) is 13.6. The standard InChI is InChI=1S/C17H26N4O2/c1-2-6-15(18)16(22)21-11-9-14(10-12-21)20-17(23)19-13-7-4-3-5-8-13/h3-5,7-8,14-15H,2,6,9-12,18H2,1H3,(H2,19,20,23). The Hall–Kier alpha value is -2.08. The highest BCUT2D eigenvalue weighted by molar-refractivity contribution is 5.89. The molecule has 0 radical (unpaired) electrons. The molecule has 4 N–H and O–H groups in total. The van der Waals surface area contributed by atoms with Crippen molar-refractivity contribution < 1.29 is 9.59 Å². The number of amides is 3. The molecule has 1 aliphatic rings. The molecule has 6 nitrogen and oxygen atoms in total. The predicted octanol–water partition coefficient (Wildman–Crippen LogP) is 1.93. The molecule has 0 aromatic heterocycles. The molecule has 1 fully saturated rings. The average Bonchev–Trinajstić information content (AvgIpc) is 2.56. The lowest BCUT2D eigenvalue weighted by molar-refractivity contribution is -0.133. The summed E-state index contributed by atoms with van der Waals surface area (Å²) >= 11 is 0. The summed E-state index contributed by atoms with van der Waals surface area (Å²) in [5, 5.41) is 5.77. The molecule has 6 heteroatoms. The maximum absolute atomic E-state index is 12.2. The normalized spacial score (nSPS) is 16.7. The fourth-order valence-corrected chi connectivity index (χ4v) is 2.79. The Morgan fingerprint density at radius 1 is 1.26 bits per heavy atom. The van der Waals surface area contributed by atoms with Gasteiger partial charge in [0.05, 0.1) is 6.04 Å². The predicted molar refractivity (Wildman–Crippen MR) is 91.1 cm³/mol. The highest BCUT2D eigenvalue weighted by Crippen LogP contribution is 2.13. The van der Waals surface area contributed by atoms with E-state index in [1.165, 1.54) is 0 Å². The molecule has 1 atom stereocenters. The van der Waals surface area contributed by atoms with E-state index in [2.05, 4.69) is 10.6 Å². The Balaban J connectivity index is 1.74. The van der Waals surface area contributed by atoms with Crippen LogP contribution in [0.15, 0.2) is 30.3 Å². The second-order valence-electron chi connectivity index (χ2n) is 5.96. The molecule has 2 rings (SSSR count). The van der Waals surface area contributed by atoms with Gasteiger partial charge in [-0.05, 0) is 31.4 Å². The number of nitrogens with two attached hydrogens (primary N) is 1. The van der Waals surface area contributed by atoms with Crippen LogP contribution < -0.4 is 16.4 Å². The van der Waals surface area contributed by atoms with Gasteiger partial charge in [-0.15, -0.1) is 0 Å². The lowest BCUT2D eigenvalue weighted by atomic mass is 10.0. The molecule has 3 amide bonds. The van der Waals surface area contributed by atoms with Gasteiger partial charge in [-0.1, -0.05) is 31.5 Å². The van der Waals surface area contributed by atoms with E-state index >= 15 is 0 Å². The number of rotatable bonds is 5. The van der Waals surface area contributed by atoms with Crippen LogP contribution in [0.25, 0.3) is 0 Å². The van der Waals surface area contributed by atoms with Crippen molar-refractivity contribution in [1.29, 1.82) is 0 Å². The number of anilines is 1. The minimum Gasteiger partial charge on any atom is -0.341 e. The van der Waals surface area contributed by atoms with Gasteiger partial charge in [0.25, 0.3) is 0 Å². The van der Waals surface area contributed by atoms with Crippen molar-refractivity contribution in [3.8, 4) is 0 Å². The molecule has 0 spiro atoms. The monoisotopic (exact) mass is 318 g/mol. The molecule has 1 aromatic rings. The van der Waals surface area contributed by atoms with Gasteiger partial charge in [-0.2, -0.15) is 0 Å². The number of likely N-dealkylation sites (tertiary alicyclic amines) is 1. The number of nitrogens with one attached hydrogen (secondary N) is 2. The number of carbonyl (C=O) groups is 2. The third kappa shape index (κ3) is 5.25. The third-order valence-corrected chi connectivity index (χ3v) is 4.09. The van der Waals surface area contributed by atoms with Crippen LogP contribution in [0.5, 0.6) is 0 Å². The average molecular weight is 318 g/mol. The first kappa shape index (κ1) is 17.3. The fraction of sp³-hybridized carbons (Fsp3) is 0.529. The first-order valence-corrected chi connectivity index (χ1v) is 8.27. The van der Waals surface area contributed by atoms with Crippen molar-refractivity contribution >= 4 is 17.6 Å². The number of carbonyl (C=O) groups excluding carboxylic acids is 2. The number of para-hydroxylation sites is 1. The maximum atomic E-state index is 12.2. The van der Waals surface area contributed by atoms with E-state index in [1.54, 1.807) is 0 Å². The zero-order valence-corrected chi connectivity index (χ0v) is 13.6. The zero-order chi connectivity index (χ0) is 16.7. The Labute approximate surface area is 137 Å². The van der Waals surface area contributed by atoms with Crippen LogP contribution >= 0.6 is 0 Å². The number of hydrogen-bond donors (Lipinski definition) is 3. The molecule has 0 saturated carbocycles. The quantitative estimate of drug-likeness (QED) is 0.775. The second-order valence-corrected chi connectivity index (χ2v) is 5.96. The van der Waals surface area contributed by atoms with Gasteiger partial charge in [0, 0.05) is 24.8 Å². The summed E-state index contributed by atoms with van der Waals surface area (Å²) in [6.45, 7) is 3.31. The summed E-state index contributed by atoms with van der Waals surface area (Å²) in [5.41, 5.74) is 6.66. The van der Waals surface area contributed by atoms with Crippen LogP contribution in [-0.4, -0.2) is 42.0 Å². The molecule has 1 aliphatic heterocycles. The topological polar surface area (TPSA) is 87.5 Å². The molecule has 126 valence electrons. The summed E-state index contributed by atoms with van der Waals surface area (Å²) in [4.78, 5) is 25.9. The summed E-state index contributed by atoms with van der Waals surface area (Å²) in [6.07, 6.45) is 3.14. The van der Waals surface area contributed by atoms with E-state index in [0.717, 1.165) is 31.4 Å². The fourth-order valence-electron chi connectivity index (χ4n) is 2.79.